The second-order valence-corrected chi connectivity index (χ2v) is 7.26. The molecule has 0 saturated heterocycles. The Kier molecular flexibility index (Phi) is 11.8. The van der Waals surface area contributed by atoms with Crippen molar-refractivity contribution in [1.29, 1.82) is 0 Å². The van der Waals surface area contributed by atoms with Crippen LogP contribution in [0.2, 0.25) is 0 Å². The van der Waals surface area contributed by atoms with Gasteiger partial charge < -0.3 is 24.4 Å². The average molecular weight is 533 g/mol. The third-order valence-electron chi connectivity index (χ3n) is 4.40. The molecule has 0 aliphatic rings. The molecule has 1 heterocycles. The van der Waals surface area contributed by atoms with E-state index < -0.39 is 0 Å². The molecule has 0 bridgehead atoms. The lowest BCUT2D eigenvalue weighted by Crippen LogP contribution is -2.40. The largest absolute Gasteiger partial charge is 0.493 e. The summed E-state index contributed by atoms with van der Waals surface area (Å²) in [5.41, 5.74) is 1.04. The predicted octanol–water partition coefficient (Wildman–Crippen LogP) is 4.07. The maximum Gasteiger partial charge on any atom is 0.203 e. The zero-order valence-electron chi connectivity index (χ0n) is 17.9. The first-order valence-corrected chi connectivity index (χ1v) is 10.3. The fraction of sp³-hybridized carbons (Fsp3) is 0.476. The number of thiophene rings is 1. The normalized spacial score (nSPS) is 10.9. The molecule has 1 aromatic heterocycles. The van der Waals surface area contributed by atoms with Crippen LogP contribution in [0.1, 0.15) is 17.4 Å². The Bertz CT molecular complexity index is 754. The molecule has 0 atom stereocenters. The molecule has 0 aliphatic carbocycles. The molecular weight excluding hydrogens is 501 g/mol. The molecule has 0 spiro atoms. The van der Waals surface area contributed by atoms with Crippen LogP contribution < -0.4 is 19.5 Å². The maximum atomic E-state index is 5.56. The van der Waals surface area contributed by atoms with Crippen LogP contribution in [0, 0.1) is 0 Å². The number of methoxy groups -OCH3 is 3. The minimum atomic E-state index is 0. The van der Waals surface area contributed by atoms with E-state index in [4.69, 9.17) is 19.2 Å². The molecule has 6 nitrogen and oxygen atoms in total. The number of nitrogens with one attached hydrogen (secondary N) is 1. The van der Waals surface area contributed by atoms with Crippen molar-refractivity contribution in [3.63, 3.8) is 0 Å². The fourth-order valence-corrected chi connectivity index (χ4v) is 3.65. The van der Waals surface area contributed by atoms with Crippen LogP contribution in [0.5, 0.6) is 17.2 Å². The van der Waals surface area contributed by atoms with Crippen LogP contribution in [0.4, 0.5) is 0 Å². The van der Waals surface area contributed by atoms with Gasteiger partial charge in [0.2, 0.25) is 5.75 Å². The van der Waals surface area contributed by atoms with Gasteiger partial charge in [-0.15, -0.1) is 35.3 Å². The minimum Gasteiger partial charge on any atom is -0.493 e. The van der Waals surface area contributed by atoms with Crippen molar-refractivity contribution >= 4 is 41.3 Å². The highest BCUT2D eigenvalue weighted by Crippen LogP contribution is 2.39. The number of ether oxygens (including phenoxy) is 3. The summed E-state index contributed by atoms with van der Waals surface area (Å²) in [5, 5.41) is 5.49. The van der Waals surface area contributed by atoms with E-state index in [1.807, 2.05) is 12.1 Å². The van der Waals surface area contributed by atoms with Crippen molar-refractivity contribution in [2.75, 3.05) is 48.0 Å². The van der Waals surface area contributed by atoms with Crippen LogP contribution in [0.3, 0.4) is 0 Å². The first kappa shape index (κ1) is 25.4. The third-order valence-corrected chi connectivity index (χ3v) is 5.33. The number of nitrogens with zero attached hydrogens (tertiary/aromatic N) is 2. The summed E-state index contributed by atoms with van der Waals surface area (Å²) in [4.78, 5) is 8.35. The van der Waals surface area contributed by atoms with Crippen molar-refractivity contribution in [2.45, 2.75) is 19.8 Å². The summed E-state index contributed by atoms with van der Waals surface area (Å²) in [7, 11) is 6.96. The van der Waals surface area contributed by atoms with Gasteiger partial charge in [0.15, 0.2) is 17.5 Å². The summed E-state index contributed by atoms with van der Waals surface area (Å²) in [6, 6.07) is 8.17. The first-order valence-electron chi connectivity index (χ1n) is 9.44. The van der Waals surface area contributed by atoms with Gasteiger partial charge >= 0.3 is 0 Å². The zero-order valence-corrected chi connectivity index (χ0v) is 21.0. The minimum absolute atomic E-state index is 0. The predicted molar refractivity (Wildman–Crippen MR) is 132 cm³/mol. The second kappa shape index (κ2) is 13.5. The number of guanidine groups is 1. The second-order valence-electron chi connectivity index (χ2n) is 6.23. The zero-order chi connectivity index (χ0) is 20.4. The lowest BCUT2D eigenvalue weighted by Gasteiger charge is -2.22. The Morgan fingerprint density at radius 3 is 2.41 bits per heavy atom. The van der Waals surface area contributed by atoms with Crippen LogP contribution in [0.25, 0.3) is 0 Å². The third kappa shape index (κ3) is 7.26. The maximum absolute atomic E-state index is 5.56. The van der Waals surface area contributed by atoms with Crippen molar-refractivity contribution in [2.24, 2.45) is 4.99 Å². The molecule has 162 valence electrons. The molecule has 2 aromatic rings. The van der Waals surface area contributed by atoms with Gasteiger partial charge in [-0.05, 0) is 37.3 Å². The topological polar surface area (TPSA) is 55.3 Å². The molecule has 0 unspecified atom stereocenters. The van der Waals surface area contributed by atoms with Gasteiger partial charge in [0, 0.05) is 37.1 Å². The van der Waals surface area contributed by atoms with Gasteiger partial charge in [-0.2, -0.15) is 0 Å². The molecule has 0 aliphatic heterocycles. The number of likely N-dealkylation sites (N-methyl/N-ethyl adjacent to an activating group) is 1. The van der Waals surface area contributed by atoms with Crippen LogP contribution in [0.15, 0.2) is 34.6 Å². The Balaban J connectivity index is 0.00000420. The van der Waals surface area contributed by atoms with E-state index in [0.29, 0.717) is 23.8 Å². The molecule has 0 saturated carbocycles. The van der Waals surface area contributed by atoms with E-state index in [9.17, 15) is 0 Å². The Hall–Kier alpha value is -1.68. The van der Waals surface area contributed by atoms with Gasteiger partial charge in [-0.3, -0.25) is 4.99 Å². The molecule has 2 rings (SSSR count). The first-order chi connectivity index (χ1) is 13.6. The van der Waals surface area contributed by atoms with Crippen LogP contribution in [-0.4, -0.2) is 58.9 Å². The van der Waals surface area contributed by atoms with E-state index in [1.165, 1.54) is 4.88 Å². The number of halogens is 1. The van der Waals surface area contributed by atoms with Gasteiger partial charge in [0.1, 0.15) is 0 Å². The summed E-state index contributed by atoms with van der Waals surface area (Å²) in [6.45, 7) is 4.49. The number of rotatable bonds is 10. The van der Waals surface area contributed by atoms with Crippen LogP contribution >= 0.6 is 35.3 Å². The Morgan fingerprint density at radius 2 is 1.83 bits per heavy atom. The van der Waals surface area contributed by atoms with E-state index in [2.05, 4.69) is 41.7 Å². The fourth-order valence-electron chi connectivity index (χ4n) is 2.95. The Labute approximate surface area is 195 Å². The van der Waals surface area contributed by atoms with Crippen LogP contribution in [-0.2, 0) is 12.8 Å². The number of benzene rings is 1. The van der Waals surface area contributed by atoms with Crippen molar-refractivity contribution < 1.29 is 14.2 Å². The number of hydrogen-bond acceptors (Lipinski definition) is 5. The van der Waals surface area contributed by atoms with Crippen molar-refractivity contribution in [3.8, 4) is 17.2 Å². The lowest BCUT2D eigenvalue weighted by atomic mass is 10.1. The van der Waals surface area contributed by atoms with Gasteiger partial charge in [-0.1, -0.05) is 12.1 Å². The molecule has 0 fully saturated rings. The molecule has 1 N–H and O–H groups in total. The molecule has 8 heteroatoms. The van der Waals surface area contributed by atoms with E-state index in [-0.39, 0.29) is 24.0 Å². The SMILES string of the molecule is CCNC(=NCCc1ccc(OC)c(OC)c1OC)N(C)CCc1cccs1.I. The quantitative estimate of drug-likeness (QED) is 0.284. The highest BCUT2D eigenvalue weighted by atomic mass is 127. The molecule has 0 radical (unpaired) electrons. The monoisotopic (exact) mass is 533 g/mol. The summed E-state index contributed by atoms with van der Waals surface area (Å²) in [6.07, 6.45) is 1.76. The van der Waals surface area contributed by atoms with Gasteiger partial charge in [0.05, 0.1) is 21.3 Å². The van der Waals surface area contributed by atoms with Gasteiger partial charge in [-0.25, -0.2) is 0 Å². The van der Waals surface area contributed by atoms with Crippen molar-refractivity contribution in [3.05, 3.63) is 40.1 Å². The standard InChI is InChI=1S/C21H31N3O3S.HI/c1-6-22-21(24(2)14-12-17-8-7-15-28-17)23-13-11-16-9-10-18(25-3)20(27-5)19(16)26-4;/h7-10,15H,6,11-14H2,1-5H3,(H,22,23);1H. The number of hydrogen-bond donors (Lipinski definition) is 1. The van der Waals surface area contributed by atoms with E-state index >= 15 is 0 Å². The summed E-state index contributed by atoms with van der Waals surface area (Å²) >= 11 is 1.79. The lowest BCUT2D eigenvalue weighted by molar-refractivity contribution is 0.322. The van der Waals surface area contributed by atoms with E-state index in [1.54, 1.807) is 32.7 Å². The van der Waals surface area contributed by atoms with E-state index in [0.717, 1.165) is 37.5 Å². The highest BCUT2D eigenvalue weighted by molar-refractivity contribution is 14.0. The molecule has 29 heavy (non-hydrogen) atoms. The molecule has 1 aromatic carbocycles. The Morgan fingerprint density at radius 1 is 1.07 bits per heavy atom. The van der Waals surface area contributed by atoms with Gasteiger partial charge in [0.25, 0.3) is 0 Å². The summed E-state index contributed by atoms with van der Waals surface area (Å²) < 4.78 is 16.4. The molecule has 0 amide bonds. The smallest absolute Gasteiger partial charge is 0.203 e. The summed E-state index contributed by atoms with van der Waals surface area (Å²) in [5.74, 6) is 2.89. The molecular formula is C21H32IN3O3S. The highest BCUT2D eigenvalue weighted by Gasteiger charge is 2.15. The average Bonchev–Trinajstić information content (AvgIpc) is 3.24. The van der Waals surface area contributed by atoms with Crippen molar-refractivity contribution in [1.82, 2.24) is 10.2 Å². The number of aliphatic imine (C=N–C) groups is 1.